The van der Waals surface area contributed by atoms with Crippen molar-refractivity contribution in [1.82, 2.24) is 9.80 Å². The highest BCUT2D eigenvalue weighted by Gasteiger charge is 2.25. The monoisotopic (exact) mass is 477 g/mol. The van der Waals surface area contributed by atoms with Crippen LogP contribution in [-0.4, -0.2) is 61.3 Å². The third kappa shape index (κ3) is 7.60. The number of nitrogens with zero attached hydrogens (tertiary/aromatic N) is 2. The minimum Gasteiger partial charge on any atom is -0.399 e. The van der Waals surface area contributed by atoms with Crippen LogP contribution in [0.5, 0.6) is 0 Å². The molecular formula is C25H30F3N3O3. The summed E-state index contributed by atoms with van der Waals surface area (Å²) in [6.45, 7) is 3.76. The summed E-state index contributed by atoms with van der Waals surface area (Å²) in [5.41, 5.74) is 11.6. The van der Waals surface area contributed by atoms with E-state index in [-0.39, 0.29) is 11.8 Å². The van der Waals surface area contributed by atoms with Gasteiger partial charge in [0.25, 0.3) is 11.8 Å². The fraction of sp³-hybridized carbons (Fsp3) is 0.400. The van der Waals surface area contributed by atoms with Crippen LogP contribution in [0.4, 0.5) is 18.9 Å². The fourth-order valence-corrected chi connectivity index (χ4v) is 3.79. The summed E-state index contributed by atoms with van der Waals surface area (Å²) in [4.78, 5) is 36.0. The molecule has 0 bridgehead atoms. The summed E-state index contributed by atoms with van der Waals surface area (Å²) in [7, 11) is 3.71. The lowest BCUT2D eigenvalue weighted by atomic mass is 10.0. The van der Waals surface area contributed by atoms with Crippen molar-refractivity contribution in [3.05, 3.63) is 64.2 Å². The van der Waals surface area contributed by atoms with Crippen LogP contribution in [0.2, 0.25) is 0 Å². The smallest absolute Gasteiger partial charge is 0.399 e. The number of carbonyl (C=O) groups excluding carboxylic acids is 3. The van der Waals surface area contributed by atoms with Gasteiger partial charge in [-0.15, -0.1) is 0 Å². The van der Waals surface area contributed by atoms with Crippen molar-refractivity contribution in [2.75, 3.05) is 32.9 Å². The van der Waals surface area contributed by atoms with Gasteiger partial charge in [0.05, 0.1) is 0 Å². The summed E-state index contributed by atoms with van der Waals surface area (Å²) in [5.74, 6) is 0.273. The first-order valence-corrected chi connectivity index (χ1v) is 10.9. The number of anilines is 1. The van der Waals surface area contributed by atoms with Gasteiger partial charge in [0.1, 0.15) is 0 Å². The number of alkyl halides is 3. The molecule has 2 aromatic rings. The average molecular weight is 478 g/mol. The molecule has 2 aliphatic rings. The predicted octanol–water partition coefficient (Wildman–Crippen LogP) is 4.05. The lowest BCUT2D eigenvalue weighted by molar-refractivity contribution is -0.156. The number of nitrogens with two attached hydrogens (primary N) is 1. The number of carbonyl (C=O) groups is 3. The minimum absolute atomic E-state index is 0.109. The van der Waals surface area contributed by atoms with Gasteiger partial charge in [0.2, 0.25) is 6.29 Å². The van der Waals surface area contributed by atoms with E-state index < -0.39 is 12.5 Å². The Labute approximate surface area is 197 Å². The standard InChI is InChI=1S/C12H15NO.C11H14N2O.C2HF3O/c1-9-5-6-11-10(8-9)4-3-7-13(2)12(11)14;1-13-6-2-3-8-7-9(12)4-5-10(8)11(13)14;3-2(4,5)1-6/h5-6,8H,3-4,7H2,1-2H3;4-5,7H,2-3,6,12H2,1H3;1H. The van der Waals surface area contributed by atoms with Crippen LogP contribution in [0, 0.1) is 6.92 Å². The van der Waals surface area contributed by atoms with Gasteiger partial charge >= 0.3 is 6.18 Å². The first kappa shape index (κ1) is 26.9. The van der Waals surface area contributed by atoms with Crippen LogP contribution < -0.4 is 5.73 Å². The molecule has 4 rings (SSSR count). The molecule has 0 fully saturated rings. The Bertz CT molecular complexity index is 964. The van der Waals surface area contributed by atoms with E-state index in [2.05, 4.69) is 13.0 Å². The third-order valence-electron chi connectivity index (χ3n) is 5.56. The Hall–Kier alpha value is -3.36. The van der Waals surface area contributed by atoms with E-state index in [9.17, 15) is 22.8 Å². The maximum absolute atomic E-state index is 11.9. The van der Waals surface area contributed by atoms with E-state index in [0.29, 0.717) is 0 Å². The number of fused-ring (bicyclic) bond motifs is 2. The molecule has 2 aromatic carbocycles. The second-order valence-corrected chi connectivity index (χ2v) is 8.40. The molecule has 0 radical (unpaired) electrons. The Kier molecular flexibility index (Phi) is 9.23. The molecule has 0 aliphatic carbocycles. The van der Waals surface area contributed by atoms with Crippen molar-refractivity contribution in [2.45, 2.75) is 38.8 Å². The Morgan fingerprint density at radius 3 is 1.76 bits per heavy atom. The molecule has 0 aromatic heterocycles. The summed E-state index contributed by atoms with van der Waals surface area (Å²) in [6.07, 6.45) is -1.66. The number of amides is 2. The maximum atomic E-state index is 11.9. The molecule has 34 heavy (non-hydrogen) atoms. The second-order valence-electron chi connectivity index (χ2n) is 8.40. The first-order valence-electron chi connectivity index (χ1n) is 10.9. The van der Waals surface area contributed by atoms with Crippen molar-refractivity contribution in [2.24, 2.45) is 0 Å². The van der Waals surface area contributed by atoms with E-state index >= 15 is 0 Å². The molecule has 6 nitrogen and oxygen atoms in total. The van der Waals surface area contributed by atoms with Gasteiger partial charge in [-0.3, -0.25) is 14.4 Å². The highest BCUT2D eigenvalue weighted by Crippen LogP contribution is 2.21. The second kappa shape index (κ2) is 11.7. The van der Waals surface area contributed by atoms with E-state index in [1.165, 1.54) is 11.1 Å². The van der Waals surface area contributed by atoms with Crippen LogP contribution in [0.15, 0.2) is 36.4 Å². The normalized spacial score (nSPS) is 15.5. The molecule has 0 unspecified atom stereocenters. The number of hydrogen-bond acceptors (Lipinski definition) is 4. The Morgan fingerprint density at radius 1 is 0.853 bits per heavy atom. The number of rotatable bonds is 0. The van der Waals surface area contributed by atoms with E-state index in [4.69, 9.17) is 10.5 Å². The molecule has 2 N–H and O–H groups in total. The molecule has 0 saturated heterocycles. The zero-order valence-corrected chi connectivity index (χ0v) is 19.6. The van der Waals surface area contributed by atoms with Crippen LogP contribution in [0.1, 0.15) is 50.2 Å². The maximum Gasteiger partial charge on any atom is 0.446 e. The molecule has 9 heteroatoms. The lowest BCUT2D eigenvalue weighted by Gasteiger charge is -2.13. The number of aldehydes is 1. The van der Waals surface area contributed by atoms with Crippen LogP contribution in [0.3, 0.4) is 0 Å². The third-order valence-corrected chi connectivity index (χ3v) is 5.56. The number of hydrogen-bond donors (Lipinski definition) is 1. The quantitative estimate of drug-likeness (QED) is 0.458. The van der Waals surface area contributed by atoms with Crippen molar-refractivity contribution < 1.29 is 27.6 Å². The molecular weight excluding hydrogens is 447 g/mol. The van der Waals surface area contributed by atoms with Crippen LogP contribution in [-0.2, 0) is 17.6 Å². The number of aryl methyl sites for hydroxylation is 3. The summed E-state index contributed by atoms with van der Waals surface area (Å²) < 4.78 is 31.2. The van der Waals surface area contributed by atoms with Crippen LogP contribution >= 0.6 is 0 Å². The summed E-state index contributed by atoms with van der Waals surface area (Å²) in [6, 6.07) is 11.6. The van der Waals surface area contributed by atoms with Crippen LogP contribution in [0.25, 0.3) is 0 Å². The number of halogens is 3. The van der Waals surface area contributed by atoms with Crippen molar-refractivity contribution in [1.29, 1.82) is 0 Å². The SMILES string of the molecule is CN1CCCc2cc(N)ccc2C1=O.Cc1ccc2c(c1)CCCN(C)C2=O.O=CC(F)(F)F. The highest BCUT2D eigenvalue weighted by atomic mass is 19.4. The minimum atomic E-state index is -4.64. The van der Waals surface area contributed by atoms with Gasteiger partial charge < -0.3 is 15.5 Å². The molecule has 184 valence electrons. The highest BCUT2D eigenvalue weighted by molar-refractivity contribution is 5.96. The number of benzene rings is 2. The molecule has 0 spiro atoms. The Morgan fingerprint density at radius 2 is 1.29 bits per heavy atom. The van der Waals surface area contributed by atoms with Crippen molar-refractivity contribution in [3.8, 4) is 0 Å². The number of nitrogen functional groups attached to an aromatic ring is 1. The topological polar surface area (TPSA) is 83.7 Å². The average Bonchev–Trinajstić information content (AvgIpc) is 3.00. The largest absolute Gasteiger partial charge is 0.446 e. The van der Waals surface area contributed by atoms with Gasteiger partial charge in [-0.05, 0) is 68.0 Å². The zero-order chi connectivity index (χ0) is 25.5. The summed E-state index contributed by atoms with van der Waals surface area (Å²) >= 11 is 0. The molecule has 2 amide bonds. The molecule has 2 aliphatic heterocycles. The molecule has 2 heterocycles. The first-order chi connectivity index (χ1) is 15.9. The van der Waals surface area contributed by atoms with Gasteiger partial charge in [-0.1, -0.05) is 17.7 Å². The van der Waals surface area contributed by atoms with E-state index in [1.807, 2.05) is 38.4 Å². The summed E-state index contributed by atoms with van der Waals surface area (Å²) in [5, 5.41) is 0. The fourth-order valence-electron chi connectivity index (χ4n) is 3.79. The lowest BCUT2D eigenvalue weighted by Crippen LogP contribution is -2.26. The molecule has 0 saturated carbocycles. The Balaban J connectivity index is 0.000000196. The van der Waals surface area contributed by atoms with Gasteiger partial charge in [0, 0.05) is 44.0 Å². The predicted molar refractivity (Wildman–Crippen MR) is 125 cm³/mol. The van der Waals surface area contributed by atoms with Crippen molar-refractivity contribution in [3.63, 3.8) is 0 Å². The van der Waals surface area contributed by atoms with E-state index in [1.54, 1.807) is 15.9 Å². The van der Waals surface area contributed by atoms with Gasteiger partial charge in [0.15, 0.2) is 0 Å². The van der Waals surface area contributed by atoms with E-state index in [0.717, 1.165) is 61.2 Å². The zero-order valence-electron chi connectivity index (χ0n) is 19.6. The van der Waals surface area contributed by atoms with Gasteiger partial charge in [-0.2, -0.15) is 13.2 Å². The van der Waals surface area contributed by atoms with Crippen molar-refractivity contribution >= 4 is 23.8 Å². The van der Waals surface area contributed by atoms with Gasteiger partial charge in [-0.25, -0.2) is 0 Å². The molecule has 0 atom stereocenters.